The molecule has 2 aromatic heterocycles. The predicted molar refractivity (Wildman–Crippen MR) is 112 cm³/mol. The van der Waals surface area contributed by atoms with Crippen molar-refractivity contribution in [3.05, 3.63) is 40.5 Å². The largest absolute Gasteiger partial charge is 0.361 e. The second-order valence-electron chi connectivity index (χ2n) is 8.22. The third kappa shape index (κ3) is 3.12. The zero-order valence-electron chi connectivity index (χ0n) is 16.2. The van der Waals surface area contributed by atoms with E-state index < -0.39 is 0 Å². The van der Waals surface area contributed by atoms with Crippen molar-refractivity contribution in [1.82, 2.24) is 20.1 Å². The van der Waals surface area contributed by atoms with E-state index in [1.54, 1.807) is 0 Å². The van der Waals surface area contributed by atoms with Gasteiger partial charge in [-0.1, -0.05) is 23.5 Å². The molecule has 0 radical (unpaired) electrons. The Balaban J connectivity index is 1.28. The number of anilines is 1. The number of aromatic nitrogens is 3. The number of rotatable bonds is 4. The summed E-state index contributed by atoms with van der Waals surface area (Å²) in [5, 5.41) is 13.7. The van der Waals surface area contributed by atoms with Gasteiger partial charge in [0.25, 0.3) is 0 Å². The average molecular weight is 396 g/mol. The lowest BCUT2D eigenvalue weighted by atomic mass is 9.71. The topological polar surface area (TPSA) is 73.9 Å². The number of H-pyrrole nitrogens is 1. The van der Waals surface area contributed by atoms with E-state index in [0.29, 0.717) is 29.4 Å². The van der Waals surface area contributed by atoms with Crippen LogP contribution >= 0.6 is 11.3 Å². The number of likely N-dealkylation sites (N-methyl/N-ethyl adjacent to an activating group) is 1. The second-order valence-corrected chi connectivity index (χ2v) is 9.40. The van der Waals surface area contributed by atoms with Gasteiger partial charge in [-0.3, -0.25) is 4.79 Å². The first-order valence-corrected chi connectivity index (χ1v) is 10.8. The summed E-state index contributed by atoms with van der Waals surface area (Å²) in [6, 6.07) is 7.20. The third-order valence-electron chi connectivity index (χ3n) is 6.36. The first-order chi connectivity index (χ1) is 13.6. The SMILES string of the molecule is Cc1nnc(NC(=O)CC[C@@H]2C[C@@H]3c4cccc5[nH]cc(c45)C[C@H]3N(C)C2)s1. The maximum atomic E-state index is 12.3. The fraction of sp³-hybridized carbons (Fsp3) is 0.476. The number of hydrogen-bond donors (Lipinski definition) is 2. The molecule has 0 saturated carbocycles. The van der Waals surface area contributed by atoms with Gasteiger partial charge in [-0.25, -0.2) is 0 Å². The van der Waals surface area contributed by atoms with E-state index in [0.717, 1.165) is 30.8 Å². The number of likely N-dealkylation sites (tertiary alicyclic amines) is 1. The van der Waals surface area contributed by atoms with Crippen LogP contribution < -0.4 is 5.32 Å². The van der Waals surface area contributed by atoms with Gasteiger partial charge in [0.2, 0.25) is 11.0 Å². The monoisotopic (exact) mass is 395 g/mol. The summed E-state index contributed by atoms with van der Waals surface area (Å²) in [4.78, 5) is 18.3. The summed E-state index contributed by atoms with van der Waals surface area (Å²) < 4.78 is 0. The number of nitrogens with zero attached hydrogens (tertiary/aromatic N) is 3. The zero-order chi connectivity index (χ0) is 19.3. The molecule has 7 heteroatoms. The van der Waals surface area contributed by atoms with Crippen LogP contribution in [0.4, 0.5) is 5.13 Å². The Bertz CT molecular complexity index is 1020. The number of amides is 1. The highest BCUT2D eigenvalue weighted by Crippen LogP contribution is 2.45. The first kappa shape index (κ1) is 17.8. The molecule has 2 aliphatic rings. The van der Waals surface area contributed by atoms with Crippen molar-refractivity contribution in [2.75, 3.05) is 18.9 Å². The maximum Gasteiger partial charge on any atom is 0.226 e. The molecular formula is C21H25N5OS. The molecule has 146 valence electrons. The van der Waals surface area contributed by atoms with Gasteiger partial charge in [0, 0.05) is 42.0 Å². The fourth-order valence-corrected chi connectivity index (χ4v) is 5.74. The van der Waals surface area contributed by atoms with Gasteiger partial charge >= 0.3 is 0 Å². The molecule has 2 N–H and O–H groups in total. The van der Waals surface area contributed by atoms with E-state index in [-0.39, 0.29) is 5.91 Å². The van der Waals surface area contributed by atoms with Gasteiger partial charge in [-0.15, -0.1) is 10.2 Å². The molecule has 3 atom stereocenters. The Morgan fingerprint density at radius 3 is 3.11 bits per heavy atom. The van der Waals surface area contributed by atoms with Crippen LogP contribution in [0.3, 0.4) is 0 Å². The highest BCUT2D eigenvalue weighted by atomic mass is 32.1. The van der Waals surface area contributed by atoms with Crippen molar-refractivity contribution in [2.24, 2.45) is 5.92 Å². The van der Waals surface area contributed by atoms with E-state index in [1.807, 2.05) is 6.92 Å². The highest BCUT2D eigenvalue weighted by molar-refractivity contribution is 7.15. The van der Waals surface area contributed by atoms with Crippen LogP contribution in [0.25, 0.3) is 10.9 Å². The van der Waals surface area contributed by atoms with Crippen LogP contribution in [0.5, 0.6) is 0 Å². The Kier molecular flexibility index (Phi) is 4.44. The predicted octanol–water partition coefficient (Wildman–Crippen LogP) is 3.71. The van der Waals surface area contributed by atoms with Crippen molar-refractivity contribution >= 4 is 33.3 Å². The number of fused-ring (bicyclic) bond motifs is 2. The highest BCUT2D eigenvalue weighted by Gasteiger charge is 2.39. The van der Waals surface area contributed by atoms with Gasteiger partial charge in [-0.2, -0.15) is 0 Å². The number of hydrogen-bond acceptors (Lipinski definition) is 5. The molecule has 28 heavy (non-hydrogen) atoms. The molecular weight excluding hydrogens is 370 g/mol. The molecule has 0 unspecified atom stereocenters. The third-order valence-corrected chi connectivity index (χ3v) is 7.12. The molecule has 1 saturated heterocycles. The number of carbonyl (C=O) groups is 1. The fourth-order valence-electron chi connectivity index (χ4n) is 5.13. The van der Waals surface area contributed by atoms with Crippen molar-refractivity contribution in [1.29, 1.82) is 0 Å². The van der Waals surface area contributed by atoms with Gasteiger partial charge in [0.05, 0.1) is 0 Å². The minimum absolute atomic E-state index is 0.0413. The minimum atomic E-state index is 0.0413. The van der Waals surface area contributed by atoms with E-state index in [4.69, 9.17) is 0 Å². The molecule has 5 rings (SSSR count). The summed E-state index contributed by atoms with van der Waals surface area (Å²) in [6.45, 7) is 2.95. The molecule has 1 fully saturated rings. The summed E-state index contributed by atoms with van der Waals surface area (Å²) in [7, 11) is 2.24. The van der Waals surface area contributed by atoms with E-state index >= 15 is 0 Å². The molecule has 6 nitrogen and oxygen atoms in total. The van der Waals surface area contributed by atoms with Crippen LogP contribution in [-0.4, -0.2) is 45.6 Å². The van der Waals surface area contributed by atoms with Crippen molar-refractivity contribution in [3.63, 3.8) is 0 Å². The van der Waals surface area contributed by atoms with Crippen LogP contribution in [0.2, 0.25) is 0 Å². The Hall–Kier alpha value is -2.25. The number of carbonyl (C=O) groups excluding carboxylic acids is 1. The molecule has 3 aromatic rings. The number of piperidine rings is 1. The standard InChI is InChI=1S/C21H25N5OS/c1-12-24-25-21(28-12)23-19(27)7-6-13-8-16-15-4-3-5-17-20(15)14(10-22-17)9-18(16)26(2)11-13/h3-5,10,13,16,18,22H,6-9,11H2,1-2H3,(H,23,25,27)/t13-,16-,18-/m1/s1. The number of aromatic amines is 1. The second kappa shape index (κ2) is 6.97. The summed E-state index contributed by atoms with van der Waals surface area (Å²) in [6.07, 6.45) is 5.90. The van der Waals surface area contributed by atoms with Gasteiger partial charge in [0.15, 0.2) is 0 Å². The Labute approximate surface area is 168 Å². The van der Waals surface area contributed by atoms with E-state index in [1.165, 1.54) is 33.4 Å². The molecule has 1 aliphatic heterocycles. The zero-order valence-corrected chi connectivity index (χ0v) is 17.1. The smallest absolute Gasteiger partial charge is 0.226 e. The number of benzene rings is 1. The van der Waals surface area contributed by atoms with Gasteiger partial charge in [-0.05, 0) is 56.3 Å². The quantitative estimate of drug-likeness (QED) is 0.706. The van der Waals surface area contributed by atoms with Crippen molar-refractivity contribution in [2.45, 2.75) is 44.6 Å². The normalized spacial score (nSPS) is 24.3. The van der Waals surface area contributed by atoms with E-state index in [9.17, 15) is 4.79 Å². The molecule has 0 bridgehead atoms. The van der Waals surface area contributed by atoms with Crippen LogP contribution in [0.1, 0.15) is 41.3 Å². The van der Waals surface area contributed by atoms with Crippen molar-refractivity contribution < 1.29 is 4.79 Å². The Morgan fingerprint density at radius 2 is 2.29 bits per heavy atom. The average Bonchev–Trinajstić information content (AvgIpc) is 3.28. The molecule has 1 aromatic carbocycles. The summed E-state index contributed by atoms with van der Waals surface area (Å²) in [5.41, 5.74) is 4.18. The molecule has 1 aliphatic carbocycles. The van der Waals surface area contributed by atoms with Crippen LogP contribution in [0, 0.1) is 12.8 Å². The molecule has 0 spiro atoms. The molecule has 3 heterocycles. The molecule has 1 amide bonds. The lowest BCUT2D eigenvalue weighted by Gasteiger charge is -2.45. The van der Waals surface area contributed by atoms with E-state index in [2.05, 4.69) is 56.8 Å². The van der Waals surface area contributed by atoms with Gasteiger partial charge < -0.3 is 15.2 Å². The number of aryl methyl sites for hydroxylation is 1. The number of nitrogens with one attached hydrogen (secondary N) is 2. The lowest BCUT2D eigenvalue weighted by molar-refractivity contribution is -0.116. The van der Waals surface area contributed by atoms with Crippen LogP contribution in [0.15, 0.2) is 24.4 Å². The lowest BCUT2D eigenvalue weighted by Crippen LogP contribution is -2.47. The Morgan fingerprint density at radius 1 is 1.39 bits per heavy atom. The summed E-state index contributed by atoms with van der Waals surface area (Å²) in [5.74, 6) is 1.12. The summed E-state index contributed by atoms with van der Waals surface area (Å²) >= 11 is 1.42. The van der Waals surface area contributed by atoms with Crippen LogP contribution in [-0.2, 0) is 11.2 Å². The van der Waals surface area contributed by atoms with Crippen molar-refractivity contribution in [3.8, 4) is 0 Å². The maximum absolute atomic E-state index is 12.3. The van der Waals surface area contributed by atoms with Gasteiger partial charge in [0.1, 0.15) is 5.01 Å². The minimum Gasteiger partial charge on any atom is -0.361 e. The first-order valence-electron chi connectivity index (χ1n) is 9.97.